The maximum absolute atomic E-state index is 13.7. The molecule has 0 amide bonds. The third-order valence-electron chi connectivity index (χ3n) is 2.06. The van der Waals surface area contributed by atoms with Gasteiger partial charge >= 0.3 is 0 Å². The normalized spacial score (nSPS) is 10.0. The first-order valence-corrected chi connectivity index (χ1v) is 6.51. The Hall–Kier alpha value is -1.31. The average Bonchev–Trinajstić information content (AvgIpc) is 2.81. The Morgan fingerprint density at radius 2 is 2.19 bits per heavy atom. The van der Waals surface area contributed by atoms with Crippen LogP contribution in [0.3, 0.4) is 0 Å². The van der Waals surface area contributed by atoms with Crippen molar-refractivity contribution in [3.63, 3.8) is 0 Å². The van der Waals surface area contributed by atoms with Crippen LogP contribution in [0.15, 0.2) is 39.9 Å². The summed E-state index contributed by atoms with van der Waals surface area (Å²) in [6, 6.07) is 10.7. The molecule has 2 aromatic rings. The average molecular weight is 249 g/mol. The van der Waals surface area contributed by atoms with Crippen molar-refractivity contribution in [3.8, 4) is 6.07 Å². The van der Waals surface area contributed by atoms with Crippen LogP contribution in [0.5, 0.6) is 0 Å². The molecule has 0 unspecified atom stereocenters. The molecule has 0 spiro atoms. The van der Waals surface area contributed by atoms with Gasteiger partial charge < -0.3 is 0 Å². The van der Waals surface area contributed by atoms with Gasteiger partial charge in [-0.3, -0.25) is 0 Å². The molecule has 0 fully saturated rings. The summed E-state index contributed by atoms with van der Waals surface area (Å²) in [6.45, 7) is 0. The van der Waals surface area contributed by atoms with Crippen LogP contribution in [-0.2, 0) is 5.75 Å². The van der Waals surface area contributed by atoms with Crippen LogP contribution in [0.25, 0.3) is 0 Å². The summed E-state index contributed by atoms with van der Waals surface area (Å²) in [6.07, 6.45) is 0. The van der Waals surface area contributed by atoms with Crippen molar-refractivity contribution in [2.45, 2.75) is 9.96 Å². The third kappa shape index (κ3) is 2.43. The molecule has 0 aliphatic rings. The van der Waals surface area contributed by atoms with Gasteiger partial charge in [0, 0.05) is 5.75 Å². The highest BCUT2D eigenvalue weighted by Crippen LogP contribution is 2.28. The van der Waals surface area contributed by atoms with Gasteiger partial charge in [-0.1, -0.05) is 18.2 Å². The summed E-state index contributed by atoms with van der Waals surface area (Å²) in [5.74, 6) is 0.163. The first-order valence-electron chi connectivity index (χ1n) is 4.65. The Kier molecular flexibility index (Phi) is 3.60. The van der Waals surface area contributed by atoms with Crippen LogP contribution in [0.1, 0.15) is 11.1 Å². The summed E-state index contributed by atoms with van der Waals surface area (Å²) in [5, 5.41) is 10.7. The van der Waals surface area contributed by atoms with Crippen LogP contribution in [0, 0.1) is 17.1 Å². The van der Waals surface area contributed by atoms with Gasteiger partial charge in [0.2, 0.25) is 0 Å². The van der Waals surface area contributed by atoms with Crippen LogP contribution >= 0.6 is 23.1 Å². The Balaban J connectivity index is 2.13. The summed E-state index contributed by atoms with van der Waals surface area (Å²) in [7, 11) is 0. The Bertz CT molecular complexity index is 514. The predicted molar refractivity (Wildman–Crippen MR) is 65.0 cm³/mol. The van der Waals surface area contributed by atoms with Crippen molar-refractivity contribution in [2.24, 2.45) is 0 Å². The SMILES string of the molecule is N#Cc1cccc(CSc2cccs2)c1F. The van der Waals surface area contributed by atoms with Gasteiger partial charge in [-0.2, -0.15) is 5.26 Å². The van der Waals surface area contributed by atoms with E-state index in [1.165, 1.54) is 6.07 Å². The summed E-state index contributed by atoms with van der Waals surface area (Å²) < 4.78 is 14.8. The van der Waals surface area contributed by atoms with E-state index >= 15 is 0 Å². The van der Waals surface area contributed by atoms with Gasteiger partial charge in [-0.25, -0.2) is 4.39 Å². The smallest absolute Gasteiger partial charge is 0.144 e. The van der Waals surface area contributed by atoms with Crippen LogP contribution in [0.2, 0.25) is 0 Å². The minimum Gasteiger partial charge on any atom is -0.205 e. The quantitative estimate of drug-likeness (QED) is 0.766. The van der Waals surface area contributed by atoms with Crippen molar-refractivity contribution in [1.29, 1.82) is 5.26 Å². The topological polar surface area (TPSA) is 23.8 Å². The van der Waals surface area contributed by atoms with E-state index in [1.807, 2.05) is 23.6 Å². The summed E-state index contributed by atoms with van der Waals surface area (Å²) in [4.78, 5) is 0. The van der Waals surface area contributed by atoms with Crippen molar-refractivity contribution in [3.05, 3.63) is 52.7 Å². The molecule has 80 valence electrons. The van der Waals surface area contributed by atoms with Gasteiger partial charge in [0.15, 0.2) is 0 Å². The van der Waals surface area contributed by atoms with Crippen LogP contribution in [0.4, 0.5) is 4.39 Å². The highest BCUT2D eigenvalue weighted by atomic mass is 32.2. The second-order valence-corrected chi connectivity index (χ2v) is 5.33. The number of nitrogens with zero attached hydrogens (tertiary/aromatic N) is 1. The molecule has 4 heteroatoms. The zero-order valence-electron chi connectivity index (χ0n) is 8.31. The highest BCUT2D eigenvalue weighted by molar-refractivity contribution is 8.00. The lowest BCUT2D eigenvalue weighted by Crippen LogP contribution is -1.91. The third-order valence-corrected chi connectivity index (χ3v) is 4.24. The molecule has 0 radical (unpaired) electrons. The fourth-order valence-corrected chi connectivity index (χ4v) is 3.03. The lowest BCUT2D eigenvalue weighted by Gasteiger charge is -2.02. The monoisotopic (exact) mass is 249 g/mol. The highest BCUT2D eigenvalue weighted by Gasteiger charge is 2.07. The van der Waals surface area contributed by atoms with Crippen LogP contribution in [-0.4, -0.2) is 0 Å². The van der Waals surface area contributed by atoms with E-state index in [-0.39, 0.29) is 5.56 Å². The number of rotatable bonds is 3. The van der Waals surface area contributed by atoms with Gasteiger partial charge in [0.25, 0.3) is 0 Å². The van der Waals surface area contributed by atoms with E-state index in [0.29, 0.717) is 11.3 Å². The van der Waals surface area contributed by atoms with Gasteiger partial charge in [0.1, 0.15) is 11.9 Å². The molecule has 2 rings (SSSR count). The van der Waals surface area contributed by atoms with E-state index in [1.54, 1.807) is 35.2 Å². The first kappa shape index (κ1) is 11.2. The van der Waals surface area contributed by atoms with E-state index < -0.39 is 5.82 Å². The van der Waals surface area contributed by atoms with E-state index in [9.17, 15) is 4.39 Å². The Morgan fingerprint density at radius 1 is 1.31 bits per heavy atom. The standard InChI is InChI=1S/C12H8FNS2/c13-12-9(7-14)3-1-4-10(12)8-16-11-5-2-6-15-11/h1-6H,8H2. The number of benzene rings is 1. The Labute approximate surface area is 102 Å². The largest absolute Gasteiger partial charge is 0.205 e. The molecule has 1 nitrogen and oxygen atoms in total. The molecular formula is C12H8FNS2. The van der Waals surface area contributed by atoms with Crippen molar-refractivity contribution < 1.29 is 4.39 Å². The fraction of sp³-hybridized carbons (Fsp3) is 0.0833. The molecule has 0 aliphatic carbocycles. The second kappa shape index (κ2) is 5.15. The lowest BCUT2D eigenvalue weighted by atomic mass is 10.1. The molecule has 1 aromatic heterocycles. The lowest BCUT2D eigenvalue weighted by molar-refractivity contribution is 0.613. The van der Waals surface area contributed by atoms with Gasteiger partial charge in [-0.15, -0.1) is 23.1 Å². The summed E-state index contributed by atoms with van der Waals surface area (Å²) in [5.41, 5.74) is 0.696. The fourth-order valence-electron chi connectivity index (χ4n) is 1.27. The minimum absolute atomic E-state index is 0.115. The number of hydrogen-bond donors (Lipinski definition) is 0. The maximum Gasteiger partial charge on any atom is 0.144 e. The van der Waals surface area contributed by atoms with Gasteiger partial charge in [-0.05, 0) is 23.1 Å². The molecule has 0 saturated heterocycles. The zero-order valence-corrected chi connectivity index (χ0v) is 9.95. The van der Waals surface area contributed by atoms with Crippen molar-refractivity contribution in [1.82, 2.24) is 0 Å². The molecule has 0 aliphatic heterocycles. The second-order valence-electron chi connectivity index (χ2n) is 3.11. The first-order chi connectivity index (χ1) is 7.81. The Morgan fingerprint density at radius 3 is 2.88 bits per heavy atom. The molecule has 1 heterocycles. The predicted octanol–water partition coefficient (Wildman–Crippen LogP) is 4.05. The maximum atomic E-state index is 13.7. The number of nitriles is 1. The molecule has 16 heavy (non-hydrogen) atoms. The molecule has 0 saturated carbocycles. The zero-order chi connectivity index (χ0) is 11.4. The number of thiophene rings is 1. The van der Waals surface area contributed by atoms with Crippen molar-refractivity contribution in [2.75, 3.05) is 0 Å². The molecule has 0 bridgehead atoms. The van der Waals surface area contributed by atoms with Crippen LogP contribution < -0.4 is 0 Å². The van der Waals surface area contributed by atoms with Gasteiger partial charge in [0.05, 0.1) is 9.77 Å². The van der Waals surface area contributed by atoms with Crippen molar-refractivity contribution >= 4 is 23.1 Å². The molecule has 0 N–H and O–H groups in total. The van der Waals surface area contributed by atoms with E-state index in [2.05, 4.69) is 0 Å². The number of hydrogen-bond acceptors (Lipinski definition) is 3. The van der Waals surface area contributed by atoms with E-state index in [0.717, 1.165) is 4.21 Å². The van der Waals surface area contributed by atoms with E-state index in [4.69, 9.17) is 5.26 Å². The minimum atomic E-state index is -0.394. The number of thioether (sulfide) groups is 1. The molecule has 1 aromatic carbocycles. The summed E-state index contributed by atoms with van der Waals surface area (Å²) >= 11 is 3.22. The number of halogens is 1. The molecular weight excluding hydrogens is 241 g/mol. The molecule has 0 atom stereocenters.